The molecule has 0 aliphatic carbocycles. The van der Waals surface area contributed by atoms with Gasteiger partial charge in [-0.3, -0.25) is 0 Å². The van der Waals surface area contributed by atoms with Gasteiger partial charge in [0.1, 0.15) is 5.75 Å². The van der Waals surface area contributed by atoms with Gasteiger partial charge in [-0.1, -0.05) is 6.07 Å². The minimum atomic E-state index is 0.165. The molecule has 0 aliphatic rings. The number of guanidine groups is 1. The number of hydrogen-bond acceptors (Lipinski definition) is 5. The van der Waals surface area contributed by atoms with Crippen molar-refractivity contribution in [3.63, 3.8) is 0 Å². The number of aromatic nitrogens is 1. The van der Waals surface area contributed by atoms with Gasteiger partial charge in [0, 0.05) is 28.2 Å². The fraction of sp³-hybridized carbons (Fsp3) is 0.333. The quantitative estimate of drug-likeness (QED) is 0.398. The van der Waals surface area contributed by atoms with Gasteiger partial charge in [-0.15, -0.1) is 22.7 Å². The lowest BCUT2D eigenvalue weighted by atomic mass is 10.3. The van der Waals surface area contributed by atoms with Crippen LogP contribution in [0.4, 0.5) is 5.69 Å². The smallest absolute Gasteiger partial charge is 0.196 e. The van der Waals surface area contributed by atoms with Crippen molar-refractivity contribution < 1.29 is 4.74 Å². The monoisotopic (exact) mass is 414 g/mol. The summed E-state index contributed by atoms with van der Waals surface area (Å²) in [5.74, 6) is 1.63. The summed E-state index contributed by atoms with van der Waals surface area (Å²) in [7, 11) is 0. The van der Waals surface area contributed by atoms with Crippen molar-refractivity contribution in [3.05, 3.63) is 62.7 Å². The largest absolute Gasteiger partial charge is 0.491 e. The van der Waals surface area contributed by atoms with E-state index in [4.69, 9.17) is 9.73 Å². The molecule has 0 bridgehead atoms. The Morgan fingerprint density at radius 2 is 2.00 bits per heavy atom. The first kappa shape index (κ1) is 20.4. The van der Waals surface area contributed by atoms with Crippen LogP contribution in [-0.4, -0.2) is 23.6 Å². The van der Waals surface area contributed by atoms with Crippen molar-refractivity contribution in [2.75, 3.05) is 11.9 Å². The molecule has 0 unspecified atom stereocenters. The lowest BCUT2D eigenvalue weighted by Gasteiger charge is -2.14. The highest BCUT2D eigenvalue weighted by Gasteiger charge is 2.04. The average molecular weight is 415 g/mol. The number of aryl methyl sites for hydroxylation is 1. The third-order valence-corrected chi connectivity index (χ3v) is 5.63. The first-order chi connectivity index (χ1) is 13.6. The Hall–Kier alpha value is -2.38. The van der Waals surface area contributed by atoms with Crippen LogP contribution in [0.5, 0.6) is 5.75 Å². The van der Waals surface area contributed by atoms with Crippen LogP contribution in [-0.2, 0) is 13.0 Å². The number of thiazole rings is 1. The van der Waals surface area contributed by atoms with E-state index in [1.54, 1.807) is 22.7 Å². The molecule has 7 heteroatoms. The topological polar surface area (TPSA) is 58.5 Å². The zero-order valence-corrected chi connectivity index (χ0v) is 18.1. The molecule has 3 aromatic rings. The van der Waals surface area contributed by atoms with Gasteiger partial charge in [-0.2, -0.15) is 0 Å². The molecular weight excluding hydrogens is 388 g/mol. The highest BCUT2D eigenvalue weighted by molar-refractivity contribution is 7.11. The number of ether oxygens (including phenoxy) is 1. The molecule has 148 valence electrons. The van der Waals surface area contributed by atoms with Gasteiger partial charge in [0.2, 0.25) is 0 Å². The Morgan fingerprint density at radius 1 is 1.18 bits per heavy atom. The molecule has 0 amide bonds. The molecule has 2 aromatic heterocycles. The minimum Gasteiger partial charge on any atom is -0.491 e. The summed E-state index contributed by atoms with van der Waals surface area (Å²) in [6.45, 7) is 7.49. The van der Waals surface area contributed by atoms with Gasteiger partial charge in [0.25, 0.3) is 0 Å². The Balaban J connectivity index is 1.63. The fourth-order valence-electron chi connectivity index (χ4n) is 2.56. The average Bonchev–Trinajstić information content (AvgIpc) is 3.32. The van der Waals surface area contributed by atoms with Crippen molar-refractivity contribution in [1.29, 1.82) is 0 Å². The van der Waals surface area contributed by atoms with Gasteiger partial charge in [-0.25, -0.2) is 9.98 Å². The summed E-state index contributed by atoms with van der Waals surface area (Å²) in [5, 5.41) is 9.98. The molecule has 3 rings (SSSR count). The van der Waals surface area contributed by atoms with Crippen molar-refractivity contribution in [2.24, 2.45) is 4.99 Å². The van der Waals surface area contributed by atoms with E-state index in [-0.39, 0.29) is 6.10 Å². The number of nitrogens with one attached hydrogen (secondary N) is 2. The van der Waals surface area contributed by atoms with Crippen molar-refractivity contribution in [2.45, 2.75) is 39.8 Å². The second kappa shape index (κ2) is 10.2. The number of hydrogen-bond donors (Lipinski definition) is 2. The third kappa shape index (κ3) is 6.65. The second-order valence-electron chi connectivity index (χ2n) is 6.58. The summed E-state index contributed by atoms with van der Waals surface area (Å²) >= 11 is 3.45. The Bertz CT molecular complexity index is 870. The van der Waals surface area contributed by atoms with Crippen LogP contribution >= 0.6 is 22.7 Å². The maximum atomic E-state index is 5.71. The Kier molecular flexibility index (Phi) is 7.45. The first-order valence-electron chi connectivity index (χ1n) is 9.34. The molecule has 5 nitrogen and oxygen atoms in total. The molecular formula is C21H26N4OS2. The van der Waals surface area contributed by atoms with Gasteiger partial charge < -0.3 is 15.4 Å². The SMILES string of the molecule is Cc1ncc(CN=C(NCCc2cccs2)Nc2ccc(OC(C)C)cc2)s1. The maximum absolute atomic E-state index is 5.71. The Labute approximate surface area is 174 Å². The summed E-state index contributed by atoms with van der Waals surface area (Å²) in [4.78, 5) is 11.5. The van der Waals surface area contributed by atoms with Gasteiger partial charge in [0.05, 0.1) is 17.7 Å². The summed E-state index contributed by atoms with van der Waals surface area (Å²) in [6, 6.07) is 12.2. The van der Waals surface area contributed by atoms with E-state index >= 15 is 0 Å². The van der Waals surface area contributed by atoms with Crippen molar-refractivity contribution in [3.8, 4) is 5.75 Å². The molecule has 28 heavy (non-hydrogen) atoms. The lowest BCUT2D eigenvalue weighted by Crippen LogP contribution is -2.32. The zero-order valence-electron chi connectivity index (χ0n) is 16.4. The Morgan fingerprint density at radius 3 is 2.64 bits per heavy atom. The van der Waals surface area contributed by atoms with Crippen LogP contribution in [0, 0.1) is 6.92 Å². The van der Waals surface area contributed by atoms with E-state index in [1.807, 2.05) is 51.2 Å². The molecule has 0 atom stereocenters. The van der Waals surface area contributed by atoms with E-state index in [0.717, 1.165) is 40.2 Å². The van der Waals surface area contributed by atoms with Crippen LogP contribution in [0.15, 0.2) is 53.0 Å². The lowest BCUT2D eigenvalue weighted by molar-refractivity contribution is 0.242. The van der Waals surface area contributed by atoms with Crippen molar-refractivity contribution >= 4 is 34.3 Å². The molecule has 2 N–H and O–H groups in total. The first-order valence-corrected chi connectivity index (χ1v) is 11.0. The van der Waals surface area contributed by atoms with Crippen LogP contribution in [0.25, 0.3) is 0 Å². The number of benzene rings is 1. The van der Waals surface area contributed by atoms with Crippen LogP contribution in [0.3, 0.4) is 0 Å². The fourth-order valence-corrected chi connectivity index (χ4v) is 3.99. The van der Waals surface area contributed by atoms with E-state index in [0.29, 0.717) is 6.54 Å². The van der Waals surface area contributed by atoms with E-state index in [9.17, 15) is 0 Å². The normalized spacial score (nSPS) is 11.6. The van der Waals surface area contributed by atoms with Crippen LogP contribution in [0.2, 0.25) is 0 Å². The van der Waals surface area contributed by atoms with Crippen molar-refractivity contribution in [1.82, 2.24) is 10.3 Å². The number of rotatable bonds is 8. The standard InChI is InChI=1S/C21H26N4OS2/c1-15(2)26-18-8-6-17(7-9-18)25-21(22-11-10-19-5-4-12-27-19)24-14-20-13-23-16(3)28-20/h4-9,12-13,15H,10-11,14H2,1-3H3,(H2,22,24,25). The molecule has 0 spiro atoms. The molecule has 2 heterocycles. The van der Waals surface area contributed by atoms with E-state index < -0.39 is 0 Å². The highest BCUT2D eigenvalue weighted by atomic mass is 32.1. The molecule has 0 fully saturated rings. The van der Waals surface area contributed by atoms with E-state index in [1.165, 1.54) is 4.88 Å². The van der Waals surface area contributed by atoms with E-state index in [2.05, 4.69) is 33.1 Å². The summed E-state index contributed by atoms with van der Waals surface area (Å²) in [6.07, 6.45) is 3.03. The highest BCUT2D eigenvalue weighted by Crippen LogP contribution is 2.17. The predicted octanol–water partition coefficient (Wildman–Crippen LogP) is 5.10. The maximum Gasteiger partial charge on any atom is 0.196 e. The predicted molar refractivity (Wildman–Crippen MR) is 120 cm³/mol. The number of anilines is 1. The number of thiophene rings is 1. The third-order valence-electron chi connectivity index (χ3n) is 3.79. The van der Waals surface area contributed by atoms with Crippen LogP contribution < -0.4 is 15.4 Å². The molecule has 0 aliphatic heterocycles. The molecule has 0 radical (unpaired) electrons. The van der Waals surface area contributed by atoms with Crippen LogP contribution in [0.1, 0.15) is 28.6 Å². The number of aliphatic imine (C=N–C) groups is 1. The summed E-state index contributed by atoms with van der Waals surface area (Å²) < 4.78 is 5.71. The molecule has 1 aromatic carbocycles. The van der Waals surface area contributed by atoms with Gasteiger partial charge >= 0.3 is 0 Å². The summed E-state index contributed by atoms with van der Waals surface area (Å²) in [5.41, 5.74) is 0.971. The second-order valence-corrected chi connectivity index (χ2v) is 8.93. The zero-order chi connectivity index (χ0) is 19.8. The van der Waals surface area contributed by atoms with Gasteiger partial charge in [-0.05, 0) is 62.9 Å². The van der Waals surface area contributed by atoms with Gasteiger partial charge in [0.15, 0.2) is 5.96 Å². The molecule has 0 saturated heterocycles. The minimum absolute atomic E-state index is 0.165. The molecule has 0 saturated carbocycles. The number of nitrogens with zero attached hydrogens (tertiary/aromatic N) is 2.